The van der Waals surface area contributed by atoms with Gasteiger partial charge in [0.25, 0.3) is 0 Å². The van der Waals surface area contributed by atoms with E-state index in [0.717, 1.165) is 60.0 Å². The topological polar surface area (TPSA) is 43.9 Å². The highest BCUT2D eigenvalue weighted by Gasteiger charge is 2.20. The molecule has 0 bridgehead atoms. The van der Waals surface area contributed by atoms with Crippen LogP contribution < -0.4 is 0 Å². The first-order valence-corrected chi connectivity index (χ1v) is 18.5. The fourth-order valence-corrected chi connectivity index (χ4v) is 8.43. The Morgan fingerprint density at radius 3 is 2.12 bits per heavy atom. The van der Waals surface area contributed by atoms with Crippen LogP contribution in [0.15, 0.2) is 192 Å². The lowest BCUT2D eigenvalue weighted by atomic mass is 9.95. The molecule has 0 fully saturated rings. The SMILES string of the molecule is [2H]c1c([2H])c(-c2nc(-c3ccccc3)c3ccccc3n2)c2c(oc3c([2H])c(-c4ccc(-n5c6ccccc6c6ccc7ccccc7c65)c5ccccc45)c([2H])c([2H])c32)c1[2H]. The second kappa shape index (κ2) is 12.0. The highest BCUT2D eigenvalue weighted by molar-refractivity contribution is 6.20. The molecule has 0 amide bonds. The summed E-state index contributed by atoms with van der Waals surface area (Å²) in [5.74, 6) is 0.120. The van der Waals surface area contributed by atoms with Crippen molar-refractivity contribution in [3.63, 3.8) is 0 Å². The van der Waals surface area contributed by atoms with Gasteiger partial charge >= 0.3 is 0 Å². The molecule has 0 spiro atoms. The number of hydrogen-bond acceptors (Lipinski definition) is 3. The van der Waals surface area contributed by atoms with Crippen molar-refractivity contribution in [2.24, 2.45) is 0 Å². The maximum atomic E-state index is 9.74. The number of nitrogens with zero attached hydrogens (tertiary/aromatic N) is 3. The Hall–Kier alpha value is -7.56. The van der Waals surface area contributed by atoms with Crippen LogP contribution >= 0.6 is 0 Å². The Morgan fingerprint density at radius 1 is 0.482 bits per heavy atom. The first kappa shape index (κ1) is 25.5. The zero-order chi connectivity index (χ0) is 42.0. The minimum absolute atomic E-state index is 0.0122. The van der Waals surface area contributed by atoms with E-state index in [2.05, 4.69) is 53.1 Å². The van der Waals surface area contributed by atoms with E-state index in [1.807, 2.05) is 103 Å². The molecule has 0 radical (unpaired) electrons. The molecule has 0 atom stereocenters. The van der Waals surface area contributed by atoms with Gasteiger partial charge in [0.2, 0.25) is 0 Å². The Morgan fingerprint density at radius 2 is 1.23 bits per heavy atom. The van der Waals surface area contributed by atoms with Gasteiger partial charge in [0.05, 0.1) is 36.2 Å². The van der Waals surface area contributed by atoms with Crippen LogP contribution in [0.2, 0.25) is 0 Å². The van der Waals surface area contributed by atoms with Crippen LogP contribution in [0.1, 0.15) is 8.22 Å². The molecule has 0 saturated carbocycles. The normalized spacial score (nSPS) is 13.4. The summed E-state index contributed by atoms with van der Waals surface area (Å²) in [5, 5.41) is 7.25. The fourth-order valence-electron chi connectivity index (χ4n) is 8.43. The molecule has 0 aliphatic carbocycles. The molecule has 3 heterocycles. The van der Waals surface area contributed by atoms with E-state index in [0.29, 0.717) is 16.8 Å². The third-order valence-electron chi connectivity index (χ3n) is 10.9. The minimum Gasteiger partial charge on any atom is -0.456 e. The van der Waals surface area contributed by atoms with Crippen LogP contribution in [-0.2, 0) is 0 Å². The average molecular weight is 720 g/mol. The largest absolute Gasteiger partial charge is 0.456 e. The monoisotopic (exact) mass is 719 g/mol. The first-order valence-electron chi connectivity index (χ1n) is 21.5. The molecule has 3 aromatic heterocycles. The third kappa shape index (κ3) is 4.53. The number of furan rings is 1. The third-order valence-corrected chi connectivity index (χ3v) is 10.9. The lowest BCUT2D eigenvalue weighted by molar-refractivity contribution is 0.669. The predicted octanol–water partition coefficient (Wildman–Crippen LogP) is 13.9. The summed E-state index contributed by atoms with van der Waals surface area (Å²) in [6.45, 7) is 0. The van der Waals surface area contributed by atoms with E-state index in [9.17, 15) is 5.48 Å². The number of benzene rings is 9. The zero-order valence-corrected chi connectivity index (χ0v) is 29.7. The van der Waals surface area contributed by atoms with Crippen molar-refractivity contribution in [1.82, 2.24) is 14.5 Å². The van der Waals surface area contributed by atoms with Crippen LogP contribution in [0.5, 0.6) is 0 Å². The number of fused-ring (bicyclic) bond motifs is 10. The summed E-state index contributed by atoms with van der Waals surface area (Å²) < 4.78 is 64.8. The van der Waals surface area contributed by atoms with Gasteiger partial charge in [-0.1, -0.05) is 152 Å². The van der Waals surface area contributed by atoms with Gasteiger partial charge in [-0.25, -0.2) is 9.97 Å². The quantitative estimate of drug-likeness (QED) is 0.182. The zero-order valence-electron chi connectivity index (χ0n) is 35.7. The number of hydrogen-bond donors (Lipinski definition) is 0. The highest BCUT2D eigenvalue weighted by Crippen LogP contribution is 2.43. The van der Waals surface area contributed by atoms with Crippen molar-refractivity contribution in [1.29, 1.82) is 0 Å². The second-order valence-corrected chi connectivity index (χ2v) is 14.0. The Bertz CT molecular complexity index is 3900. The van der Waals surface area contributed by atoms with Crippen LogP contribution in [0.25, 0.3) is 116 Å². The maximum absolute atomic E-state index is 9.74. The number of aromatic nitrogens is 3. The van der Waals surface area contributed by atoms with Crippen LogP contribution in [0.3, 0.4) is 0 Å². The Balaban J connectivity index is 1.13. The van der Waals surface area contributed by atoms with Crippen LogP contribution in [-0.4, -0.2) is 14.5 Å². The lowest BCUT2D eigenvalue weighted by Crippen LogP contribution is -1.97. The second-order valence-electron chi connectivity index (χ2n) is 14.0. The van der Waals surface area contributed by atoms with Gasteiger partial charge in [-0.05, 0) is 58.2 Å². The molecule has 9 aromatic carbocycles. The van der Waals surface area contributed by atoms with Crippen molar-refractivity contribution in [3.05, 3.63) is 188 Å². The van der Waals surface area contributed by atoms with Crippen LogP contribution in [0, 0.1) is 0 Å². The Kier molecular flexibility index (Phi) is 5.44. The molecular weight excluding hydrogens is 683 g/mol. The van der Waals surface area contributed by atoms with E-state index in [-0.39, 0.29) is 69.1 Å². The van der Waals surface area contributed by atoms with Gasteiger partial charge in [0.15, 0.2) is 5.82 Å². The molecule has 56 heavy (non-hydrogen) atoms. The van der Waals surface area contributed by atoms with Crippen molar-refractivity contribution in [2.45, 2.75) is 0 Å². The standard InChI is InChI=1S/C52H31N3O/c1-2-14-33(15-3-1)50-41-20-8-10-22-44(41)53-52(54-50)43-21-12-24-47-49(43)42-28-26-34(31-48(42)56-47)35-29-30-46(38-18-7-6-17-37(35)38)55-45-23-11-9-19-39(45)40-27-25-32-13-4-5-16-36(32)51(40)55/h1-31H/i12D,21D,24D,26D,28D,31D. The fraction of sp³-hybridized carbons (Fsp3) is 0. The number of para-hydroxylation sites is 2. The summed E-state index contributed by atoms with van der Waals surface area (Å²) in [6.07, 6.45) is 0. The molecule has 0 N–H and O–H groups in total. The molecule has 0 saturated heterocycles. The van der Waals surface area contributed by atoms with Crippen molar-refractivity contribution >= 4 is 76.2 Å². The summed E-state index contributed by atoms with van der Waals surface area (Å²) >= 11 is 0. The Labute approximate surface area is 330 Å². The van der Waals surface area contributed by atoms with Gasteiger partial charge < -0.3 is 8.98 Å². The molecule has 0 unspecified atom stereocenters. The minimum atomic E-state index is -0.395. The summed E-state index contributed by atoms with van der Waals surface area (Å²) in [7, 11) is 0. The molecule has 12 aromatic rings. The van der Waals surface area contributed by atoms with E-state index in [1.54, 1.807) is 0 Å². The predicted molar refractivity (Wildman–Crippen MR) is 232 cm³/mol. The molecular formula is C52H31N3O. The van der Waals surface area contributed by atoms with Crippen molar-refractivity contribution in [2.75, 3.05) is 0 Å². The molecule has 12 rings (SSSR count). The van der Waals surface area contributed by atoms with E-state index >= 15 is 0 Å². The van der Waals surface area contributed by atoms with Crippen LogP contribution in [0.4, 0.5) is 0 Å². The first-order chi connectivity index (χ1) is 30.3. The molecule has 260 valence electrons. The summed E-state index contributed by atoms with van der Waals surface area (Å²) in [4.78, 5) is 9.88. The number of rotatable bonds is 4. The lowest BCUT2D eigenvalue weighted by Gasteiger charge is -2.15. The van der Waals surface area contributed by atoms with Gasteiger partial charge in [-0.15, -0.1) is 0 Å². The highest BCUT2D eigenvalue weighted by atomic mass is 16.3. The van der Waals surface area contributed by atoms with Gasteiger partial charge in [-0.3, -0.25) is 0 Å². The van der Waals surface area contributed by atoms with E-state index in [4.69, 9.17) is 17.1 Å². The van der Waals surface area contributed by atoms with E-state index in [1.165, 1.54) is 0 Å². The molecule has 0 aliphatic rings. The van der Waals surface area contributed by atoms with E-state index < -0.39 is 6.04 Å². The summed E-state index contributed by atoms with van der Waals surface area (Å²) in [5.41, 5.74) is 5.93. The maximum Gasteiger partial charge on any atom is 0.161 e. The molecule has 0 aliphatic heterocycles. The molecule has 4 nitrogen and oxygen atoms in total. The smallest absolute Gasteiger partial charge is 0.161 e. The van der Waals surface area contributed by atoms with Gasteiger partial charge in [0, 0.05) is 48.8 Å². The van der Waals surface area contributed by atoms with Gasteiger partial charge in [0.1, 0.15) is 11.2 Å². The van der Waals surface area contributed by atoms with Crippen molar-refractivity contribution in [3.8, 4) is 39.5 Å². The average Bonchev–Trinajstić information content (AvgIpc) is 3.88. The van der Waals surface area contributed by atoms with Gasteiger partial charge in [-0.2, -0.15) is 0 Å². The molecule has 4 heteroatoms. The summed E-state index contributed by atoms with van der Waals surface area (Å²) in [6, 6.07) is 48.5. The van der Waals surface area contributed by atoms with Crippen molar-refractivity contribution < 1.29 is 12.6 Å².